The summed E-state index contributed by atoms with van der Waals surface area (Å²) in [6.07, 6.45) is -1.86. The van der Waals surface area contributed by atoms with E-state index in [9.17, 15) is 31.2 Å². The molecule has 6 rings (SSSR count). The molecular formula is C36H33ClF5N3O6S. The van der Waals surface area contributed by atoms with Crippen LogP contribution in [-0.2, 0) is 30.4 Å². The number of likely N-dealkylation sites (tertiary alicyclic amines) is 1. The predicted molar refractivity (Wildman–Crippen MR) is 182 cm³/mol. The number of hydrogen-bond donors (Lipinski definition) is 1. The van der Waals surface area contributed by atoms with Crippen molar-refractivity contribution in [1.29, 1.82) is 0 Å². The lowest BCUT2D eigenvalue weighted by Gasteiger charge is -2.35. The molecule has 1 heterocycles. The number of benzene rings is 4. The zero-order valence-corrected chi connectivity index (χ0v) is 28.9. The van der Waals surface area contributed by atoms with Crippen LogP contribution in [0.25, 0.3) is 21.9 Å². The number of sulfonamides is 1. The lowest BCUT2D eigenvalue weighted by atomic mass is 9.97. The Morgan fingerprint density at radius 1 is 0.846 bits per heavy atom. The number of ether oxygens (including phenoxy) is 1. The van der Waals surface area contributed by atoms with Gasteiger partial charge in [-0.2, -0.15) is 22.0 Å². The van der Waals surface area contributed by atoms with Crippen molar-refractivity contribution >= 4 is 44.3 Å². The fourth-order valence-corrected chi connectivity index (χ4v) is 7.85. The Hall–Kier alpha value is -4.31. The molecule has 0 aromatic heterocycles. The average Bonchev–Trinajstić information content (AvgIpc) is 3.79. The van der Waals surface area contributed by atoms with E-state index in [1.807, 2.05) is 0 Å². The maximum atomic E-state index is 16.8. The first-order chi connectivity index (χ1) is 24.5. The molecule has 9 nitrogen and oxygen atoms in total. The van der Waals surface area contributed by atoms with Crippen LogP contribution in [0.2, 0.25) is 5.02 Å². The van der Waals surface area contributed by atoms with Crippen molar-refractivity contribution in [1.82, 2.24) is 9.37 Å². The van der Waals surface area contributed by atoms with Crippen LogP contribution in [0.5, 0.6) is 5.75 Å². The molecule has 0 bridgehead atoms. The van der Waals surface area contributed by atoms with E-state index in [-0.39, 0.29) is 31.0 Å². The number of carbonyl (C=O) groups excluding carboxylic acids is 2. The summed E-state index contributed by atoms with van der Waals surface area (Å²) in [5, 5.41) is 1.15. The maximum absolute atomic E-state index is 16.8. The van der Waals surface area contributed by atoms with Crippen molar-refractivity contribution in [3.05, 3.63) is 95.5 Å². The van der Waals surface area contributed by atoms with Gasteiger partial charge in [-0.3, -0.25) is 4.79 Å². The fraction of sp³-hybridized carbons (Fsp3) is 0.333. The lowest BCUT2D eigenvalue weighted by molar-refractivity contribution is -0.239. The number of alkyl halides is 5. The molecule has 1 aliphatic heterocycles. The van der Waals surface area contributed by atoms with Gasteiger partial charge in [-0.05, 0) is 94.9 Å². The molecule has 2 N–H and O–H groups in total. The minimum absolute atomic E-state index is 0.0175. The number of fused-ring (bicyclic) bond motifs is 1. The zero-order chi connectivity index (χ0) is 37.4. The van der Waals surface area contributed by atoms with Crippen LogP contribution in [0, 0.1) is 0 Å². The fourth-order valence-electron chi connectivity index (χ4n) is 6.34. The second-order valence-electron chi connectivity index (χ2n) is 12.8. The number of hydroxylamine groups is 1. The topological polar surface area (TPSA) is 119 Å². The van der Waals surface area contributed by atoms with E-state index in [0.29, 0.717) is 27.3 Å². The molecule has 1 saturated carbocycles. The van der Waals surface area contributed by atoms with E-state index in [2.05, 4.69) is 4.84 Å². The van der Waals surface area contributed by atoms with E-state index >= 15 is 8.78 Å². The van der Waals surface area contributed by atoms with Gasteiger partial charge in [0.1, 0.15) is 5.75 Å². The first-order valence-corrected chi connectivity index (χ1v) is 18.2. The number of halogens is 6. The summed E-state index contributed by atoms with van der Waals surface area (Å²) in [5.74, 6) is -8.81. The van der Waals surface area contributed by atoms with Crippen molar-refractivity contribution in [2.75, 3.05) is 13.1 Å². The van der Waals surface area contributed by atoms with Gasteiger partial charge >= 0.3 is 18.1 Å². The van der Waals surface area contributed by atoms with Crippen molar-refractivity contribution in [3.8, 4) is 16.9 Å². The minimum atomic E-state index is -5.83. The number of nitrogens with two attached hydrogens (primary N) is 1. The Bertz CT molecular complexity index is 2060. The summed E-state index contributed by atoms with van der Waals surface area (Å²) in [6.45, 7) is -0.506. The van der Waals surface area contributed by atoms with Crippen LogP contribution in [0.3, 0.4) is 0 Å². The second-order valence-corrected chi connectivity index (χ2v) is 15.0. The molecule has 1 amide bonds. The Kier molecular flexibility index (Phi) is 10.5. The molecule has 2 aliphatic rings. The second kappa shape index (κ2) is 14.6. The van der Waals surface area contributed by atoms with E-state index in [1.165, 1.54) is 24.3 Å². The third kappa shape index (κ3) is 7.87. The molecule has 0 radical (unpaired) electrons. The summed E-state index contributed by atoms with van der Waals surface area (Å²) in [5.41, 5.74) is 5.97. The highest BCUT2D eigenvalue weighted by atomic mass is 35.5. The Labute approximate surface area is 301 Å². The summed E-state index contributed by atoms with van der Waals surface area (Å²) >= 11 is 5.94. The Balaban J connectivity index is 1.43. The molecule has 4 aromatic rings. The summed E-state index contributed by atoms with van der Waals surface area (Å²) in [4.78, 5) is 30.5. The van der Waals surface area contributed by atoms with Gasteiger partial charge in [-0.15, -0.1) is 0 Å². The number of amides is 1. The lowest BCUT2D eigenvalue weighted by Crippen LogP contribution is -2.58. The smallest absolute Gasteiger partial charge is 0.490 e. The third-order valence-corrected chi connectivity index (χ3v) is 11.0. The number of hydrogen-bond acceptors (Lipinski definition) is 7. The Morgan fingerprint density at radius 3 is 2.04 bits per heavy atom. The number of nitrogens with zero attached hydrogens (tertiary/aromatic N) is 2. The molecule has 52 heavy (non-hydrogen) atoms. The van der Waals surface area contributed by atoms with Gasteiger partial charge in [0.25, 0.3) is 15.9 Å². The monoisotopic (exact) mass is 765 g/mol. The van der Waals surface area contributed by atoms with Crippen molar-refractivity contribution in [2.45, 2.75) is 67.3 Å². The molecule has 4 aromatic carbocycles. The summed E-state index contributed by atoms with van der Waals surface area (Å²) in [7, 11) is -5.62. The Morgan fingerprint density at radius 2 is 1.44 bits per heavy atom. The summed E-state index contributed by atoms with van der Waals surface area (Å²) < 4.78 is 108. The highest BCUT2D eigenvalue weighted by molar-refractivity contribution is 7.89. The maximum Gasteiger partial charge on any atom is 0.492 e. The van der Waals surface area contributed by atoms with Gasteiger partial charge in [-0.25, -0.2) is 13.2 Å². The quantitative estimate of drug-likeness (QED) is 0.134. The van der Waals surface area contributed by atoms with Gasteiger partial charge in [0.2, 0.25) is 6.04 Å². The normalized spacial score (nSPS) is 17.8. The summed E-state index contributed by atoms with van der Waals surface area (Å²) in [6, 6.07) is 14.7. The molecule has 2 atom stereocenters. The third-order valence-electron chi connectivity index (χ3n) is 9.10. The van der Waals surface area contributed by atoms with Crippen molar-refractivity contribution in [2.24, 2.45) is 5.73 Å². The van der Waals surface area contributed by atoms with E-state index in [0.717, 1.165) is 54.8 Å². The predicted octanol–water partition coefficient (Wildman–Crippen LogP) is 7.21. The van der Waals surface area contributed by atoms with Gasteiger partial charge in [0.15, 0.2) is 0 Å². The minimum Gasteiger partial charge on any atom is -0.490 e. The average molecular weight is 766 g/mol. The molecule has 0 unspecified atom stereocenters. The number of rotatable bonds is 10. The molecule has 0 spiro atoms. The van der Waals surface area contributed by atoms with Gasteiger partial charge in [0.05, 0.1) is 11.0 Å². The molecule has 1 aliphatic carbocycles. The molecule has 1 saturated heterocycles. The number of carbonyl (C=O) groups is 2. The highest BCUT2D eigenvalue weighted by Gasteiger charge is 2.58. The van der Waals surface area contributed by atoms with Crippen LogP contribution in [0.15, 0.2) is 89.8 Å². The first-order valence-electron chi connectivity index (χ1n) is 16.4. The van der Waals surface area contributed by atoms with Gasteiger partial charge in [0, 0.05) is 29.7 Å². The van der Waals surface area contributed by atoms with Crippen LogP contribution >= 0.6 is 11.6 Å². The molecule has 16 heteroatoms. The van der Waals surface area contributed by atoms with Crippen LogP contribution in [0.1, 0.15) is 37.7 Å². The SMILES string of the molecule is N[C@H]1CCN(C(=O)[C@H](N(OC(=O)C(F)(F)F)S(=O)(=O)c2ccc3cc(OC4CCCC4)ccc3c2)C(F)(F)c2ccc(-c3ccc(Cl)cc3)cc2)C1. The first kappa shape index (κ1) is 37.4. The van der Waals surface area contributed by atoms with Crippen molar-refractivity contribution < 1.29 is 49.5 Å². The van der Waals surface area contributed by atoms with Crippen LogP contribution < -0.4 is 10.5 Å². The van der Waals surface area contributed by atoms with E-state index in [1.54, 1.807) is 36.4 Å². The molecular weight excluding hydrogens is 733 g/mol. The van der Waals surface area contributed by atoms with E-state index in [4.69, 9.17) is 22.1 Å². The largest absolute Gasteiger partial charge is 0.492 e. The molecule has 2 fully saturated rings. The van der Waals surface area contributed by atoms with Crippen LogP contribution in [0.4, 0.5) is 22.0 Å². The van der Waals surface area contributed by atoms with Crippen LogP contribution in [-0.4, -0.2) is 67.1 Å². The van der Waals surface area contributed by atoms with Gasteiger partial charge < -0.3 is 20.2 Å². The van der Waals surface area contributed by atoms with E-state index < -0.39 is 61.0 Å². The van der Waals surface area contributed by atoms with Crippen molar-refractivity contribution in [3.63, 3.8) is 0 Å². The van der Waals surface area contributed by atoms with Gasteiger partial charge in [-0.1, -0.05) is 60.1 Å². The highest BCUT2D eigenvalue weighted by Crippen LogP contribution is 2.41. The molecule has 276 valence electrons. The standard InChI is InChI=1S/C36H33ClF5N3O6S/c37-27-13-7-23(8-14-27)22-5-11-26(12-6-22)35(38,39)32(33(46)44-18-17-28(43)21-44)45(51-34(47)36(40,41)42)52(48,49)31-16-10-24-19-30(15-9-25(24)20-31)50-29-3-1-2-4-29/h5-16,19-20,28-29,32H,1-4,17-18,21,43H2/t28-,32-/m0/s1. The zero-order valence-electron chi connectivity index (χ0n) is 27.4.